The first-order chi connectivity index (χ1) is 8.70. The van der Waals surface area contributed by atoms with Crippen LogP contribution in [0.25, 0.3) is 0 Å². The van der Waals surface area contributed by atoms with E-state index in [1.807, 2.05) is 6.07 Å². The first-order valence-electron chi connectivity index (χ1n) is 5.65. The van der Waals surface area contributed by atoms with Crippen LogP contribution in [-0.2, 0) is 13.0 Å². The van der Waals surface area contributed by atoms with Gasteiger partial charge in [0.15, 0.2) is 5.82 Å². The van der Waals surface area contributed by atoms with Gasteiger partial charge in [-0.15, -0.1) is 0 Å². The van der Waals surface area contributed by atoms with Crippen molar-refractivity contribution in [2.45, 2.75) is 19.9 Å². The topological polar surface area (TPSA) is 76.7 Å². The summed E-state index contributed by atoms with van der Waals surface area (Å²) in [7, 11) is 0. The van der Waals surface area contributed by atoms with Crippen molar-refractivity contribution >= 4 is 23.4 Å². The van der Waals surface area contributed by atoms with Crippen molar-refractivity contribution < 1.29 is 0 Å². The number of hydrogen-bond acceptors (Lipinski definition) is 5. The second-order valence-corrected chi connectivity index (χ2v) is 4.15. The zero-order chi connectivity index (χ0) is 13.0. The number of pyridine rings is 1. The number of nitrogens with two attached hydrogens (primary N) is 1. The van der Waals surface area contributed by atoms with Gasteiger partial charge in [-0.25, -0.2) is 4.98 Å². The lowest BCUT2D eigenvalue weighted by Gasteiger charge is -2.09. The Morgan fingerprint density at radius 3 is 3.00 bits per heavy atom. The van der Waals surface area contributed by atoms with E-state index < -0.39 is 0 Å². The van der Waals surface area contributed by atoms with Crippen molar-refractivity contribution in [3.05, 3.63) is 40.8 Å². The smallest absolute Gasteiger partial charge is 0.222 e. The Bertz CT molecular complexity index is 544. The number of hydrogen-bond donors (Lipinski definition) is 2. The third-order valence-corrected chi connectivity index (χ3v) is 2.83. The van der Waals surface area contributed by atoms with E-state index in [2.05, 4.69) is 33.3 Å². The largest absolute Gasteiger partial charge is 0.368 e. The molecule has 2 aromatic heterocycles. The van der Waals surface area contributed by atoms with E-state index in [-0.39, 0.29) is 5.95 Å². The van der Waals surface area contributed by atoms with Crippen LogP contribution in [0.4, 0.5) is 11.8 Å². The molecule has 0 bridgehead atoms. The van der Waals surface area contributed by atoms with Gasteiger partial charge in [0.25, 0.3) is 0 Å². The molecule has 0 radical (unpaired) electrons. The Balaban J connectivity index is 2.14. The molecular formula is C12H14ClN5. The number of rotatable bonds is 4. The molecule has 0 saturated carbocycles. The van der Waals surface area contributed by atoms with Gasteiger partial charge < -0.3 is 11.1 Å². The van der Waals surface area contributed by atoms with E-state index in [9.17, 15) is 0 Å². The fourth-order valence-corrected chi connectivity index (χ4v) is 1.78. The standard InChI is InChI=1S/C12H14ClN5/c1-2-8-4-3-5-15-10(8)7-16-11-9(13)6-17-12(14)18-11/h3-6H,2,7H2,1H3,(H3,14,16,17,18). The monoisotopic (exact) mass is 263 g/mol. The lowest BCUT2D eigenvalue weighted by molar-refractivity contribution is 0.962. The first-order valence-corrected chi connectivity index (χ1v) is 6.03. The van der Waals surface area contributed by atoms with Gasteiger partial charge >= 0.3 is 0 Å². The summed E-state index contributed by atoms with van der Waals surface area (Å²) in [6.07, 6.45) is 4.18. The second kappa shape index (κ2) is 5.64. The van der Waals surface area contributed by atoms with Crippen LogP contribution in [-0.4, -0.2) is 15.0 Å². The zero-order valence-electron chi connectivity index (χ0n) is 10.0. The molecule has 0 aliphatic rings. The van der Waals surface area contributed by atoms with Gasteiger partial charge in [-0.3, -0.25) is 4.98 Å². The minimum Gasteiger partial charge on any atom is -0.368 e. The fraction of sp³-hybridized carbons (Fsp3) is 0.250. The van der Waals surface area contributed by atoms with E-state index in [1.165, 1.54) is 11.8 Å². The number of nitrogen functional groups attached to an aromatic ring is 1. The summed E-state index contributed by atoms with van der Waals surface area (Å²) in [5.41, 5.74) is 7.69. The molecule has 0 aliphatic carbocycles. The van der Waals surface area contributed by atoms with Gasteiger partial charge in [0, 0.05) is 6.20 Å². The van der Waals surface area contributed by atoms with Crippen molar-refractivity contribution in [2.75, 3.05) is 11.1 Å². The highest BCUT2D eigenvalue weighted by atomic mass is 35.5. The Hall–Kier alpha value is -1.88. The van der Waals surface area contributed by atoms with Crippen LogP contribution in [0, 0.1) is 0 Å². The Labute approximate surface area is 110 Å². The quantitative estimate of drug-likeness (QED) is 0.885. The molecule has 0 aromatic carbocycles. The molecule has 5 nitrogen and oxygen atoms in total. The highest BCUT2D eigenvalue weighted by Crippen LogP contribution is 2.19. The van der Waals surface area contributed by atoms with Gasteiger partial charge in [0.2, 0.25) is 5.95 Å². The van der Waals surface area contributed by atoms with Gasteiger partial charge in [0.1, 0.15) is 5.02 Å². The predicted octanol–water partition coefficient (Wildman–Crippen LogP) is 2.28. The summed E-state index contributed by atoms with van der Waals surface area (Å²) in [6.45, 7) is 2.65. The molecule has 0 spiro atoms. The highest BCUT2D eigenvalue weighted by Gasteiger charge is 2.05. The van der Waals surface area contributed by atoms with Crippen LogP contribution in [0.15, 0.2) is 24.5 Å². The Morgan fingerprint density at radius 1 is 1.39 bits per heavy atom. The molecular weight excluding hydrogens is 250 g/mol. The number of aryl methyl sites for hydroxylation is 1. The van der Waals surface area contributed by atoms with Gasteiger partial charge in [-0.05, 0) is 18.1 Å². The lowest BCUT2D eigenvalue weighted by atomic mass is 10.1. The second-order valence-electron chi connectivity index (χ2n) is 3.74. The van der Waals surface area contributed by atoms with E-state index in [1.54, 1.807) is 6.20 Å². The van der Waals surface area contributed by atoms with Crippen molar-refractivity contribution in [3.63, 3.8) is 0 Å². The van der Waals surface area contributed by atoms with Gasteiger partial charge in [-0.2, -0.15) is 4.98 Å². The normalized spacial score (nSPS) is 10.3. The number of aromatic nitrogens is 3. The Morgan fingerprint density at radius 2 is 2.22 bits per heavy atom. The molecule has 2 heterocycles. The van der Waals surface area contributed by atoms with E-state index in [4.69, 9.17) is 17.3 Å². The molecule has 0 atom stereocenters. The SMILES string of the molecule is CCc1cccnc1CNc1nc(N)ncc1Cl. The molecule has 0 fully saturated rings. The zero-order valence-corrected chi connectivity index (χ0v) is 10.8. The molecule has 3 N–H and O–H groups in total. The molecule has 0 amide bonds. The van der Waals surface area contributed by atoms with Crippen molar-refractivity contribution in [3.8, 4) is 0 Å². The van der Waals surface area contributed by atoms with Crippen LogP contribution in [0.2, 0.25) is 5.02 Å². The fourth-order valence-electron chi connectivity index (χ4n) is 1.62. The molecule has 18 heavy (non-hydrogen) atoms. The molecule has 2 rings (SSSR count). The summed E-state index contributed by atoms with van der Waals surface area (Å²) in [5.74, 6) is 0.718. The third kappa shape index (κ3) is 2.87. The molecule has 0 saturated heterocycles. The van der Waals surface area contributed by atoms with Crippen LogP contribution in [0.5, 0.6) is 0 Å². The number of anilines is 2. The summed E-state index contributed by atoms with van der Waals surface area (Å²) in [6, 6.07) is 3.98. The van der Waals surface area contributed by atoms with Crippen LogP contribution in [0.3, 0.4) is 0 Å². The average Bonchev–Trinajstić information content (AvgIpc) is 2.40. The maximum atomic E-state index is 5.97. The van der Waals surface area contributed by atoms with E-state index >= 15 is 0 Å². The summed E-state index contributed by atoms with van der Waals surface area (Å²) in [4.78, 5) is 12.2. The molecule has 94 valence electrons. The maximum Gasteiger partial charge on any atom is 0.222 e. The molecule has 2 aromatic rings. The highest BCUT2D eigenvalue weighted by molar-refractivity contribution is 6.32. The predicted molar refractivity (Wildman–Crippen MR) is 72.4 cm³/mol. The minimum atomic E-state index is 0.193. The van der Waals surface area contributed by atoms with Crippen molar-refractivity contribution in [1.82, 2.24) is 15.0 Å². The molecule has 0 unspecified atom stereocenters. The third-order valence-electron chi connectivity index (χ3n) is 2.55. The van der Waals surface area contributed by atoms with Gasteiger partial charge in [-0.1, -0.05) is 24.6 Å². The minimum absolute atomic E-state index is 0.193. The van der Waals surface area contributed by atoms with E-state index in [0.29, 0.717) is 17.4 Å². The van der Waals surface area contributed by atoms with Crippen molar-refractivity contribution in [1.29, 1.82) is 0 Å². The number of nitrogens with one attached hydrogen (secondary N) is 1. The first kappa shape index (κ1) is 12.6. The van der Waals surface area contributed by atoms with Crippen LogP contribution >= 0.6 is 11.6 Å². The molecule has 6 heteroatoms. The van der Waals surface area contributed by atoms with Crippen LogP contribution in [0.1, 0.15) is 18.2 Å². The summed E-state index contributed by atoms with van der Waals surface area (Å²) < 4.78 is 0. The van der Waals surface area contributed by atoms with Crippen LogP contribution < -0.4 is 11.1 Å². The molecule has 0 aliphatic heterocycles. The summed E-state index contributed by atoms with van der Waals surface area (Å²) >= 11 is 5.97. The van der Waals surface area contributed by atoms with Crippen molar-refractivity contribution in [2.24, 2.45) is 0 Å². The average molecular weight is 264 g/mol. The lowest BCUT2D eigenvalue weighted by Crippen LogP contribution is -2.08. The van der Waals surface area contributed by atoms with Gasteiger partial charge in [0.05, 0.1) is 18.4 Å². The number of nitrogens with zero attached hydrogens (tertiary/aromatic N) is 3. The Kier molecular flexibility index (Phi) is 3.94. The van der Waals surface area contributed by atoms with E-state index in [0.717, 1.165) is 12.1 Å². The number of halogens is 1. The summed E-state index contributed by atoms with van der Waals surface area (Å²) in [5, 5.41) is 3.56. The maximum absolute atomic E-state index is 5.97.